The van der Waals surface area contributed by atoms with Crippen LogP contribution in [0.2, 0.25) is 0 Å². The normalized spacial score (nSPS) is 12.4. The molecular weight excluding hydrogens is 274 g/mol. The van der Waals surface area contributed by atoms with Crippen LogP contribution in [0.25, 0.3) is 0 Å². The van der Waals surface area contributed by atoms with E-state index in [2.05, 4.69) is 10.1 Å². The first kappa shape index (κ1) is 14.1. The Balaban J connectivity index is 2.52. The zero-order valence-electron chi connectivity index (χ0n) is 10.7. The van der Waals surface area contributed by atoms with Crippen LogP contribution >= 0.6 is 11.6 Å². The Morgan fingerprint density at radius 2 is 1.70 bits per heavy atom. The smallest absolute Gasteiger partial charge is 0.119 e. The molecular formula is C15H14ClN3O. The molecule has 0 heterocycles. The van der Waals surface area contributed by atoms with Crippen LogP contribution in [0.15, 0.2) is 64.7 Å². The zero-order chi connectivity index (χ0) is 14.4. The van der Waals surface area contributed by atoms with Crippen LogP contribution in [-0.4, -0.2) is 22.6 Å². The molecule has 0 atom stereocenters. The summed E-state index contributed by atoms with van der Waals surface area (Å²) in [5.74, 6) is 0.454. The molecule has 0 aromatic heterocycles. The van der Waals surface area contributed by atoms with Gasteiger partial charge in [-0.3, -0.25) is 0 Å². The van der Waals surface area contributed by atoms with Gasteiger partial charge in [-0.25, -0.2) is 4.99 Å². The first-order chi connectivity index (χ1) is 9.76. The molecule has 0 amide bonds. The van der Waals surface area contributed by atoms with Crippen LogP contribution in [0.3, 0.4) is 0 Å². The quantitative estimate of drug-likeness (QED) is 0.298. The van der Waals surface area contributed by atoms with E-state index in [-0.39, 0.29) is 5.88 Å². The van der Waals surface area contributed by atoms with Crippen molar-refractivity contribution in [3.05, 3.63) is 65.7 Å². The monoisotopic (exact) mass is 287 g/mol. The molecule has 0 fully saturated rings. The van der Waals surface area contributed by atoms with Gasteiger partial charge in [0.25, 0.3) is 0 Å². The van der Waals surface area contributed by atoms with Crippen molar-refractivity contribution in [1.82, 2.24) is 0 Å². The molecule has 0 aliphatic rings. The summed E-state index contributed by atoms with van der Waals surface area (Å²) in [6.45, 7) is 0. The Hall–Kier alpha value is -2.33. The molecule has 0 radical (unpaired) electrons. The molecule has 0 spiro atoms. The van der Waals surface area contributed by atoms with E-state index in [1.54, 1.807) is 6.07 Å². The SMILES string of the molecule is NC(CCl)=Nc1ccccc1/C(=N/O)c1ccccc1. The lowest BCUT2D eigenvalue weighted by Gasteiger charge is -2.08. The predicted molar refractivity (Wildman–Crippen MR) is 82.3 cm³/mol. The largest absolute Gasteiger partial charge is 0.410 e. The van der Waals surface area contributed by atoms with Crippen molar-refractivity contribution in [2.45, 2.75) is 0 Å². The standard InChI is InChI=1S/C15H14ClN3O/c16-10-14(17)18-13-9-5-4-8-12(13)15(19-20)11-6-2-1-3-7-11/h1-9,20H,10H2,(H2,17,18)/b19-15+. The van der Waals surface area contributed by atoms with Gasteiger partial charge in [0, 0.05) is 11.1 Å². The average Bonchev–Trinajstić information content (AvgIpc) is 2.50. The van der Waals surface area contributed by atoms with Crippen molar-refractivity contribution in [2.75, 3.05) is 5.88 Å². The third-order valence-electron chi connectivity index (χ3n) is 2.71. The summed E-state index contributed by atoms with van der Waals surface area (Å²) in [6, 6.07) is 16.7. The third kappa shape index (κ3) is 3.16. The number of hydrogen-bond donors (Lipinski definition) is 2. The Bertz CT molecular complexity index is 639. The molecule has 0 aliphatic heterocycles. The number of para-hydroxylation sites is 1. The zero-order valence-corrected chi connectivity index (χ0v) is 11.5. The number of nitrogens with two attached hydrogens (primary N) is 1. The number of oxime groups is 1. The summed E-state index contributed by atoms with van der Waals surface area (Å²) in [7, 11) is 0. The minimum Gasteiger partial charge on any atom is -0.410 e. The maximum absolute atomic E-state index is 9.33. The Morgan fingerprint density at radius 1 is 1.05 bits per heavy atom. The van der Waals surface area contributed by atoms with Crippen LogP contribution in [0.1, 0.15) is 11.1 Å². The number of hydrogen-bond acceptors (Lipinski definition) is 3. The second-order valence-corrected chi connectivity index (χ2v) is 4.34. The highest BCUT2D eigenvalue weighted by atomic mass is 35.5. The van der Waals surface area contributed by atoms with E-state index in [0.717, 1.165) is 5.56 Å². The van der Waals surface area contributed by atoms with Crippen molar-refractivity contribution in [1.29, 1.82) is 0 Å². The highest BCUT2D eigenvalue weighted by Crippen LogP contribution is 2.22. The average molecular weight is 288 g/mol. The second-order valence-electron chi connectivity index (χ2n) is 4.07. The van der Waals surface area contributed by atoms with Crippen molar-refractivity contribution in [2.24, 2.45) is 15.9 Å². The summed E-state index contributed by atoms with van der Waals surface area (Å²) < 4.78 is 0. The number of nitrogens with zero attached hydrogens (tertiary/aromatic N) is 2. The lowest BCUT2D eigenvalue weighted by Crippen LogP contribution is -2.13. The molecule has 102 valence electrons. The van der Waals surface area contributed by atoms with Gasteiger partial charge in [-0.2, -0.15) is 0 Å². The summed E-state index contributed by atoms with van der Waals surface area (Å²) >= 11 is 5.65. The van der Waals surface area contributed by atoms with Gasteiger partial charge in [0.2, 0.25) is 0 Å². The molecule has 2 rings (SSSR count). The van der Waals surface area contributed by atoms with E-state index < -0.39 is 0 Å². The van der Waals surface area contributed by atoms with Gasteiger partial charge in [0.15, 0.2) is 0 Å². The molecule has 4 nitrogen and oxygen atoms in total. The fourth-order valence-corrected chi connectivity index (χ4v) is 1.88. The molecule has 0 unspecified atom stereocenters. The van der Waals surface area contributed by atoms with Gasteiger partial charge in [0.1, 0.15) is 11.5 Å². The second kappa shape index (κ2) is 6.73. The number of rotatable bonds is 4. The number of aliphatic imine (C=N–C) groups is 1. The predicted octanol–water partition coefficient (Wildman–Crippen LogP) is 3.14. The molecule has 5 heteroatoms. The third-order valence-corrected chi connectivity index (χ3v) is 2.98. The molecule has 3 N–H and O–H groups in total. The van der Waals surface area contributed by atoms with E-state index in [1.807, 2.05) is 48.5 Å². The minimum absolute atomic E-state index is 0.144. The molecule has 0 bridgehead atoms. The number of halogens is 1. The van der Waals surface area contributed by atoms with Gasteiger partial charge < -0.3 is 10.9 Å². The molecule has 0 saturated heterocycles. The van der Waals surface area contributed by atoms with E-state index in [9.17, 15) is 5.21 Å². The first-order valence-corrected chi connectivity index (χ1v) is 6.55. The van der Waals surface area contributed by atoms with E-state index in [1.165, 1.54) is 0 Å². The van der Waals surface area contributed by atoms with E-state index in [0.29, 0.717) is 22.8 Å². The van der Waals surface area contributed by atoms with Gasteiger partial charge in [-0.05, 0) is 6.07 Å². The van der Waals surface area contributed by atoms with Crippen LogP contribution < -0.4 is 5.73 Å². The number of alkyl halides is 1. The van der Waals surface area contributed by atoms with Crippen molar-refractivity contribution < 1.29 is 5.21 Å². The van der Waals surface area contributed by atoms with Crippen molar-refractivity contribution >= 4 is 28.8 Å². The molecule has 0 aliphatic carbocycles. The Labute approximate surface area is 122 Å². The molecule has 0 saturated carbocycles. The van der Waals surface area contributed by atoms with Crippen LogP contribution in [0.5, 0.6) is 0 Å². The van der Waals surface area contributed by atoms with Gasteiger partial charge in [-0.15, -0.1) is 11.6 Å². The lowest BCUT2D eigenvalue weighted by molar-refractivity contribution is 0.319. The lowest BCUT2D eigenvalue weighted by atomic mass is 10.0. The van der Waals surface area contributed by atoms with Crippen LogP contribution in [0.4, 0.5) is 5.69 Å². The highest BCUT2D eigenvalue weighted by Gasteiger charge is 2.11. The molecule has 2 aromatic carbocycles. The summed E-state index contributed by atoms with van der Waals surface area (Å²) in [6.07, 6.45) is 0. The number of amidine groups is 1. The van der Waals surface area contributed by atoms with Gasteiger partial charge >= 0.3 is 0 Å². The summed E-state index contributed by atoms with van der Waals surface area (Å²) in [5, 5.41) is 12.7. The summed E-state index contributed by atoms with van der Waals surface area (Å²) in [4.78, 5) is 4.24. The van der Waals surface area contributed by atoms with Crippen LogP contribution in [-0.2, 0) is 0 Å². The van der Waals surface area contributed by atoms with E-state index in [4.69, 9.17) is 17.3 Å². The fraction of sp³-hybridized carbons (Fsp3) is 0.0667. The Morgan fingerprint density at radius 3 is 2.35 bits per heavy atom. The fourth-order valence-electron chi connectivity index (χ4n) is 1.82. The maximum atomic E-state index is 9.33. The summed E-state index contributed by atoms with van der Waals surface area (Å²) in [5.41, 5.74) is 8.20. The van der Waals surface area contributed by atoms with Crippen molar-refractivity contribution in [3.63, 3.8) is 0 Å². The minimum atomic E-state index is 0.144. The maximum Gasteiger partial charge on any atom is 0.119 e. The molecule has 20 heavy (non-hydrogen) atoms. The van der Waals surface area contributed by atoms with Gasteiger partial charge in [0.05, 0.1) is 11.6 Å². The van der Waals surface area contributed by atoms with Crippen molar-refractivity contribution in [3.8, 4) is 0 Å². The molecule has 2 aromatic rings. The number of benzene rings is 2. The van der Waals surface area contributed by atoms with Gasteiger partial charge in [-0.1, -0.05) is 53.7 Å². The topological polar surface area (TPSA) is 71.0 Å². The first-order valence-electron chi connectivity index (χ1n) is 6.02. The van der Waals surface area contributed by atoms with Crippen LogP contribution in [0, 0.1) is 0 Å². The highest BCUT2D eigenvalue weighted by molar-refractivity contribution is 6.28. The Kier molecular flexibility index (Phi) is 4.74. The van der Waals surface area contributed by atoms with E-state index >= 15 is 0 Å².